The van der Waals surface area contributed by atoms with Crippen molar-refractivity contribution in [3.8, 4) is 0 Å². The molecule has 0 saturated heterocycles. The van der Waals surface area contributed by atoms with Crippen molar-refractivity contribution >= 4 is 13.2 Å². The summed E-state index contributed by atoms with van der Waals surface area (Å²) in [5.41, 5.74) is 0.0602. The summed E-state index contributed by atoms with van der Waals surface area (Å²) in [5.74, 6) is 0. The molecule has 5 heteroatoms. The van der Waals surface area contributed by atoms with Crippen LogP contribution in [-0.4, -0.2) is 7.11 Å². The van der Waals surface area contributed by atoms with Gasteiger partial charge >= 0.3 is 7.11 Å². The zero-order valence-corrected chi connectivity index (χ0v) is 6.25. The summed E-state index contributed by atoms with van der Waals surface area (Å²) in [7, 11) is -4.99. The fraction of sp³-hybridized carbons (Fsp3) is 0. The molecule has 1 aromatic heterocycles. The number of rotatable bonds is 2. The van der Waals surface area contributed by atoms with Crippen molar-refractivity contribution in [2.45, 2.75) is 0 Å². The van der Waals surface area contributed by atoms with Crippen molar-refractivity contribution in [3.05, 3.63) is 36.7 Å². The lowest BCUT2D eigenvalue weighted by molar-refractivity contribution is -0.577. The number of halogens is 3. The van der Waals surface area contributed by atoms with Gasteiger partial charge < -0.3 is 17.4 Å². The molecule has 0 amide bonds. The van der Waals surface area contributed by atoms with Crippen LogP contribution in [0.2, 0.25) is 0 Å². The maximum atomic E-state index is 12.2. The molecular weight excluding hydrogens is 166 g/mol. The van der Waals surface area contributed by atoms with Gasteiger partial charge in [0.2, 0.25) is 0 Å². The molecule has 0 unspecified atom stereocenters. The number of hydrogen-bond acceptors (Lipinski definition) is 0. The molecule has 0 fully saturated rings. The molecule has 0 radical (unpaired) electrons. The van der Waals surface area contributed by atoms with Crippen LogP contribution in [0.25, 0.3) is 6.08 Å². The monoisotopic (exact) mass is 173 g/mol. The van der Waals surface area contributed by atoms with E-state index in [0.29, 0.717) is 0 Å². The van der Waals surface area contributed by atoms with Crippen molar-refractivity contribution in [2.75, 3.05) is 0 Å². The summed E-state index contributed by atoms with van der Waals surface area (Å²) in [5, 5.41) is 0. The molecular formula is C7H7BF3N. The van der Waals surface area contributed by atoms with E-state index in [1.165, 1.54) is 24.3 Å². The second-order valence-corrected chi connectivity index (χ2v) is 2.28. The van der Waals surface area contributed by atoms with Gasteiger partial charge in [0.25, 0.3) is 0 Å². The topological polar surface area (TPSA) is 3.88 Å². The van der Waals surface area contributed by atoms with Crippen LogP contribution in [0.3, 0.4) is 0 Å². The highest BCUT2D eigenvalue weighted by molar-refractivity contribution is 6.48. The number of aromatic nitrogens is 1. The highest BCUT2D eigenvalue weighted by Crippen LogP contribution is 2.05. The van der Waals surface area contributed by atoms with Crippen LogP contribution in [0.15, 0.2) is 31.0 Å². The Labute approximate surface area is 68.2 Å². The van der Waals surface area contributed by atoms with E-state index >= 15 is 0 Å². The zero-order valence-electron chi connectivity index (χ0n) is 6.25. The molecule has 64 valence electrons. The summed E-state index contributed by atoms with van der Waals surface area (Å²) >= 11 is 0. The van der Waals surface area contributed by atoms with Gasteiger partial charge in [-0.1, -0.05) is 12.6 Å². The molecule has 0 spiro atoms. The first-order valence-electron chi connectivity index (χ1n) is 3.38. The molecule has 12 heavy (non-hydrogen) atoms. The average molecular weight is 173 g/mol. The maximum absolute atomic E-state index is 12.2. The Balaban J connectivity index is 3.23. The molecule has 0 aliphatic carbocycles. The van der Waals surface area contributed by atoms with Crippen molar-refractivity contribution in [1.82, 2.24) is 0 Å². The van der Waals surface area contributed by atoms with Crippen LogP contribution >= 0.6 is 0 Å². The molecule has 1 heterocycles. The average Bonchev–Trinajstić information content (AvgIpc) is 2.03. The lowest BCUT2D eigenvalue weighted by Crippen LogP contribution is -2.57. The van der Waals surface area contributed by atoms with Crippen molar-refractivity contribution in [1.29, 1.82) is 0 Å². The Bertz CT molecular complexity index is 295. The van der Waals surface area contributed by atoms with Crippen LogP contribution in [0.5, 0.6) is 0 Å². The third-order valence-corrected chi connectivity index (χ3v) is 1.45. The van der Waals surface area contributed by atoms with Crippen LogP contribution in [0.1, 0.15) is 5.69 Å². The maximum Gasteiger partial charge on any atom is 0.811 e. The van der Waals surface area contributed by atoms with E-state index in [2.05, 4.69) is 6.58 Å². The van der Waals surface area contributed by atoms with Gasteiger partial charge in [-0.25, -0.2) is 0 Å². The van der Waals surface area contributed by atoms with E-state index in [0.717, 1.165) is 6.20 Å². The molecule has 0 aliphatic heterocycles. The predicted octanol–water partition coefficient (Wildman–Crippen LogP) is 1.81. The Morgan fingerprint density at radius 1 is 1.33 bits per heavy atom. The molecule has 1 nitrogen and oxygen atoms in total. The Hall–Kier alpha value is -1.26. The number of nitrogens with zero attached hydrogens (tertiary/aromatic N) is 1. The first-order valence-corrected chi connectivity index (χ1v) is 3.38. The molecule has 0 N–H and O–H groups in total. The predicted molar refractivity (Wildman–Crippen MR) is 41.2 cm³/mol. The highest BCUT2D eigenvalue weighted by atomic mass is 19.4. The third-order valence-electron chi connectivity index (χ3n) is 1.45. The smallest absolute Gasteiger partial charge is 0.379 e. The Kier molecular flexibility index (Phi) is 2.21. The Morgan fingerprint density at radius 3 is 2.42 bits per heavy atom. The molecule has 0 aromatic carbocycles. The lowest BCUT2D eigenvalue weighted by Gasteiger charge is -2.09. The fourth-order valence-corrected chi connectivity index (χ4v) is 0.909. The minimum Gasteiger partial charge on any atom is -0.379 e. The second kappa shape index (κ2) is 3.01. The van der Waals surface area contributed by atoms with E-state index in [-0.39, 0.29) is 10.2 Å². The summed E-state index contributed by atoms with van der Waals surface area (Å²) in [6.45, 7) is 3.29. The van der Waals surface area contributed by atoms with Crippen molar-refractivity contribution < 1.29 is 17.4 Å². The second-order valence-electron chi connectivity index (χ2n) is 2.28. The lowest BCUT2D eigenvalue weighted by atomic mass is 10.1. The standard InChI is InChI=1S/C7H7BF3N/c1-2-7-5-3-4-6-12(7)8(9,10)11/h2-6H,1H2. The van der Waals surface area contributed by atoms with Crippen molar-refractivity contribution in [3.63, 3.8) is 0 Å². The molecule has 1 aromatic rings. The van der Waals surface area contributed by atoms with Gasteiger partial charge in [0.1, 0.15) is 6.20 Å². The first-order chi connectivity index (χ1) is 5.55. The minimum atomic E-state index is -4.99. The van der Waals surface area contributed by atoms with Crippen LogP contribution in [-0.2, 0) is 0 Å². The first kappa shape index (κ1) is 8.84. The van der Waals surface area contributed by atoms with Crippen LogP contribution in [0.4, 0.5) is 12.9 Å². The summed E-state index contributed by atoms with van der Waals surface area (Å²) in [6.07, 6.45) is 2.16. The SMILES string of the molecule is C=Cc1cccc[n+]1[B-](F)(F)F. The van der Waals surface area contributed by atoms with Gasteiger partial charge in [0.15, 0.2) is 5.69 Å². The van der Waals surface area contributed by atoms with E-state index in [1.807, 2.05) is 0 Å². The number of hydrogen-bond donors (Lipinski definition) is 0. The quantitative estimate of drug-likeness (QED) is 0.600. The molecule has 0 atom stereocenters. The van der Waals surface area contributed by atoms with Gasteiger partial charge in [-0.15, -0.1) is 0 Å². The fourth-order valence-electron chi connectivity index (χ4n) is 0.909. The van der Waals surface area contributed by atoms with Gasteiger partial charge in [-0.2, -0.15) is 0 Å². The Morgan fingerprint density at radius 2 is 2.00 bits per heavy atom. The van der Waals surface area contributed by atoms with Gasteiger partial charge in [-0.05, 0) is 12.1 Å². The van der Waals surface area contributed by atoms with E-state index in [9.17, 15) is 12.9 Å². The molecule has 0 saturated carbocycles. The summed E-state index contributed by atoms with van der Waals surface area (Å²) in [4.78, 5) is 0. The summed E-state index contributed by atoms with van der Waals surface area (Å²) in [6, 6.07) is 4.24. The van der Waals surface area contributed by atoms with E-state index in [1.54, 1.807) is 0 Å². The van der Waals surface area contributed by atoms with Crippen LogP contribution in [0, 0.1) is 0 Å². The van der Waals surface area contributed by atoms with Crippen LogP contribution < -0.4 is 4.48 Å². The highest BCUT2D eigenvalue weighted by Gasteiger charge is 2.41. The number of pyridine rings is 1. The normalized spacial score (nSPS) is 11.2. The van der Waals surface area contributed by atoms with Gasteiger partial charge in [-0.3, -0.25) is 0 Å². The van der Waals surface area contributed by atoms with Gasteiger partial charge in [0, 0.05) is 6.07 Å². The van der Waals surface area contributed by atoms with Gasteiger partial charge in [0.05, 0.1) is 0 Å². The molecule has 0 bridgehead atoms. The van der Waals surface area contributed by atoms with Crippen molar-refractivity contribution in [2.24, 2.45) is 0 Å². The largest absolute Gasteiger partial charge is 0.811 e. The summed E-state index contributed by atoms with van der Waals surface area (Å²) < 4.78 is 36.9. The zero-order chi connectivity index (χ0) is 9.19. The van der Waals surface area contributed by atoms with E-state index in [4.69, 9.17) is 0 Å². The van der Waals surface area contributed by atoms with E-state index < -0.39 is 7.11 Å². The molecule has 1 rings (SSSR count). The minimum absolute atomic E-state index is 0.0602. The third kappa shape index (κ3) is 1.67. The molecule has 0 aliphatic rings.